The Bertz CT molecular complexity index is 340. The van der Waals surface area contributed by atoms with E-state index >= 15 is 0 Å². The first-order valence-electron chi connectivity index (χ1n) is 5.68. The molecule has 0 saturated carbocycles. The molecule has 1 aromatic carbocycles. The van der Waals surface area contributed by atoms with E-state index in [1.807, 2.05) is 19.9 Å². The van der Waals surface area contributed by atoms with Crippen LogP contribution in [0.2, 0.25) is 0 Å². The Morgan fingerprint density at radius 1 is 1.00 bits per heavy atom. The smallest absolute Gasteiger partial charge is 0.166 e. The highest BCUT2D eigenvalue weighted by atomic mass is 19.4. The van der Waals surface area contributed by atoms with Gasteiger partial charge >= 0.3 is 6.18 Å². The van der Waals surface area contributed by atoms with Crippen molar-refractivity contribution in [3.05, 3.63) is 34.9 Å². The summed E-state index contributed by atoms with van der Waals surface area (Å²) < 4.78 is 38.4. The highest BCUT2D eigenvalue weighted by molar-refractivity contribution is 5.34. The van der Waals surface area contributed by atoms with Crippen molar-refractivity contribution in [3.63, 3.8) is 0 Å². The molecule has 0 N–H and O–H groups in total. The first kappa shape index (κ1) is 13.1. The molecule has 0 radical (unpaired) electrons. The van der Waals surface area contributed by atoms with Crippen molar-refractivity contribution in [2.24, 2.45) is 0 Å². The second-order valence-electron chi connectivity index (χ2n) is 3.99. The molecule has 0 nitrogen and oxygen atoms in total. The van der Waals surface area contributed by atoms with Gasteiger partial charge in [-0.1, -0.05) is 38.8 Å². The van der Waals surface area contributed by atoms with Crippen molar-refractivity contribution in [3.8, 4) is 0 Å². The normalized spacial score (nSPS) is 11.8. The van der Waals surface area contributed by atoms with E-state index in [9.17, 15) is 13.2 Å². The molecule has 1 rings (SSSR count). The number of hydrogen-bond donors (Lipinski definition) is 0. The second-order valence-corrected chi connectivity index (χ2v) is 3.99. The third-order valence-corrected chi connectivity index (χ3v) is 2.54. The van der Waals surface area contributed by atoms with Crippen LogP contribution in [0, 0.1) is 0 Å². The molecular formula is C13H17F3. The fourth-order valence-electron chi connectivity index (χ4n) is 1.82. The minimum atomic E-state index is -4.23. The zero-order valence-corrected chi connectivity index (χ0v) is 9.69. The first-order chi connectivity index (χ1) is 7.49. The van der Waals surface area contributed by atoms with E-state index in [1.165, 1.54) is 6.07 Å². The molecule has 3 heteroatoms. The van der Waals surface area contributed by atoms with Gasteiger partial charge in [-0.15, -0.1) is 0 Å². The lowest BCUT2D eigenvalue weighted by Gasteiger charge is -2.14. The van der Waals surface area contributed by atoms with Gasteiger partial charge in [0.05, 0.1) is 5.56 Å². The van der Waals surface area contributed by atoms with E-state index in [0.717, 1.165) is 18.4 Å². The molecule has 0 aliphatic rings. The van der Waals surface area contributed by atoms with Gasteiger partial charge < -0.3 is 0 Å². The molecule has 0 aliphatic heterocycles. The van der Waals surface area contributed by atoms with Gasteiger partial charge in [0, 0.05) is 0 Å². The van der Waals surface area contributed by atoms with Gasteiger partial charge in [0.1, 0.15) is 0 Å². The lowest BCUT2D eigenvalue weighted by molar-refractivity contribution is -0.138. The molecule has 0 aromatic heterocycles. The number of halogens is 3. The zero-order chi connectivity index (χ0) is 12.2. The van der Waals surface area contributed by atoms with E-state index in [2.05, 4.69) is 0 Å². The molecule has 90 valence electrons. The fourth-order valence-corrected chi connectivity index (χ4v) is 1.82. The van der Waals surface area contributed by atoms with E-state index in [1.54, 1.807) is 6.07 Å². The number of benzene rings is 1. The topological polar surface area (TPSA) is 0 Å². The lowest BCUT2D eigenvalue weighted by Crippen LogP contribution is -2.10. The third-order valence-electron chi connectivity index (χ3n) is 2.54. The van der Waals surface area contributed by atoms with Crippen LogP contribution in [0.3, 0.4) is 0 Å². The SMILES string of the molecule is CCCc1ccc(CCC)c(C(F)(F)F)c1. The minimum Gasteiger partial charge on any atom is -0.166 e. The summed E-state index contributed by atoms with van der Waals surface area (Å²) in [5.41, 5.74) is 0.727. The molecular weight excluding hydrogens is 213 g/mol. The van der Waals surface area contributed by atoms with Crippen LogP contribution in [-0.2, 0) is 19.0 Å². The summed E-state index contributed by atoms with van der Waals surface area (Å²) in [5, 5.41) is 0. The highest BCUT2D eigenvalue weighted by Crippen LogP contribution is 2.33. The van der Waals surface area contributed by atoms with Crippen molar-refractivity contribution in [1.29, 1.82) is 0 Å². The van der Waals surface area contributed by atoms with Gasteiger partial charge in [-0.2, -0.15) is 13.2 Å². The molecule has 0 bridgehead atoms. The molecule has 0 amide bonds. The van der Waals surface area contributed by atoms with Crippen LogP contribution in [0.15, 0.2) is 18.2 Å². The summed E-state index contributed by atoms with van der Waals surface area (Å²) in [6.45, 7) is 3.85. The Hall–Kier alpha value is -0.990. The minimum absolute atomic E-state index is 0.412. The predicted octanol–water partition coefficient (Wildman–Crippen LogP) is 4.61. The average molecular weight is 230 g/mol. The van der Waals surface area contributed by atoms with Crippen LogP contribution in [0.1, 0.15) is 43.4 Å². The van der Waals surface area contributed by atoms with Crippen LogP contribution >= 0.6 is 0 Å². The lowest BCUT2D eigenvalue weighted by atomic mass is 9.98. The highest BCUT2D eigenvalue weighted by Gasteiger charge is 2.33. The van der Waals surface area contributed by atoms with Crippen LogP contribution in [0.5, 0.6) is 0 Å². The molecule has 0 atom stereocenters. The van der Waals surface area contributed by atoms with E-state index in [4.69, 9.17) is 0 Å². The Kier molecular flexibility index (Phi) is 4.39. The standard InChI is InChI=1S/C13H17F3/c1-3-5-10-7-8-11(6-4-2)12(9-10)13(14,15)16/h7-9H,3-6H2,1-2H3. The van der Waals surface area contributed by atoms with Gasteiger partial charge in [-0.25, -0.2) is 0 Å². The van der Waals surface area contributed by atoms with Gasteiger partial charge in [0.2, 0.25) is 0 Å². The summed E-state index contributed by atoms with van der Waals surface area (Å²) in [5.74, 6) is 0. The molecule has 0 spiro atoms. The summed E-state index contributed by atoms with van der Waals surface area (Å²) in [6.07, 6.45) is -1.44. The molecule has 1 aromatic rings. The number of rotatable bonds is 4. The second kappa shape index (κ2) is 5.37. The molecule has 0 unspecified atom stereocenters. The number of alkyl halides is 3. The average Bonchev–Trinajstić information content (AvgIpc) is 2.19. The summed E-state index contributed by atoms with van der Waals surface area (Å²) in [6, 6.07) is 4.73. The predicted molar refractivity (Wildman–Crippen MR) is 59.4 cm³/mol. The van der Waals surface area contributed by atoms with Gasteiger partial charge in [0.15, 0.2) is 0 Å². The summed E-state index contributed by atoms with van der Waals surface area (Å²) in [7, 11) is 0. The van der Waals surface area contributed by atoms with Crippen molar-refractivity contribution < 1.29 is 13.2 Å². The molecule has 0 saturated heterocycles. The van der Waals surface area contributed by atoms with Crippen LogP contribution in [0.4, 0.5) is 13.2 Å². The summed E-state index contributed by atoms with van der Waals surface area (Å²) in [4.78, 5) is 0. The molecule has 0 aliphatic carbocycles. The Labute approximate surface area is 94.5 Å². The van der Waals surface area contributed by atoms with Gasteiger partial charge in [-0.05, 0) is 30.0 Å². The maximum Gasteiger partial charge on any atom is 0.416 e. The quantitative estimate of drug-likeness (QED) is 0.708. The maximum absolute atomic E-state index is 12.8. The number of hydrogen-bond acceptors (Lipinski definition) is 0. The van der Waals surface area contributed by atoms with Crippen LogP contribution < -0.4 is 0 Å². The largest absolute Gasteiger partial charge is 0.416 e. The van der Waals surface area contributed by atoms with E-state index in [-0.39, 0.29) is 0 Å². The van der Waals surface area contributed by atoms with E-state index in [0.29, 0.717) is 18.4 Å². The van der Waals surface area contributed by atoms with Crippen molar-refractivity contribution in [2.75, 3.05) is 0 Å². The van der Waals surface area contributed by atoms with Crippen molar-refractivity contribution >= 4 is 0 Å². The molecule has 0 heterocycles. The molecule has 0 fully saturated rings. The fraction of sp³-hybridized carbons (Fsp3) is 0.538. The number of aryl methyl sites for hydroxylation is 2. The first-order valence-corrected chi connectivity index (χ1v) is 5.68. The van der Waals surface area contributed by atoms with Crippen LogP contribution in [-0.4, -0.2) is 0 Å². The van der Waals surface area contributed by atoms with Gasteiger partial charge in [0.25, 0.3) is 0 Å². The van der Waals surface area contributed by atoms with Crippen molar-refractivity contribution in [2.45, 2.75) is 45.7 Å². The zero-order valence-electron chi connectivity index (χ0n) is 9.69. The van der Waals surface area contributed by atoms with Crippen molar-refractivity contribution in [1.82, 2.24) is 0 Å². The monoisotopic (exact) mass is 230 g/mol. The third kappa shape index (κ3) is 3.26. The van der Waals surface area contributed by atoms with Crippen LogP contribution in [0.25, 0.3) is 0 Å². The van der Waals surface area contributed by atoms with Gasteiger partial charge in [-0.3, -0.25) is 0 Å². The Morgan fingerprint density at radius 3 is 2.12 bits per heavy atom. The summed E-state index contributed by atoms with van der Waals surface area (Å²) >= 11 is 0. The Balaban J connectivity index is 3.11. The maximum atomic E-state index is 12.8. The van der Waals surface area contributed by atoms with E-state index < -0.39 is 11.7 Å². The Morgan fingerprint density at radius 2 is 1.62 bits per heavy atom. The molecule has 16 heavy (non-hydrogen) atoms.